The van der Waals surface area contributed by atoms with Gasteiger partial charge in [0.2, 0.25) is 0 Å². The minimum Gasteiger partial charge on any atom is -0.497 e. The van der Waals surface area contributed by atoms with Gasteiger partial charge in [0, 0.05) is 17.6 Å². The number of nitrogens with one attached hydrogen (secondary N) is 1. The van der Waals surface area contributed by atoms with Crippen molar-refractivity contribution in [2.75, 3.05) is 21.3 Å². The van der Waals surface area contributed by atoms with E-state index in [0.717, 1.165) is 39.8 Å². The summed E-state index contributed by atoms with van der Waals surface area (Å²) in [5.41, 5.74) is 3.18. The maximum Gasteiger partial charge on any atom is 0.123 e. The van der Waals surface area contributed by atoms with Gasteiger partial charge in [0.15, 0.2) is 0 Å². The minimum absolute atomic E-state index is 0.730. The van der Waals surface area contributed by atoms with Crippen LogP contribution >= 0.6 is 11.6 Å². The Labute approximate surface area is 124 Å². The van der Waals surface area contributed by atoms with E-state index in [4.69, 9.17) is 21.1 Å². The van der Waals surface area contributed by atoms with Crippen LogP contribution < -0.4 is 14.8 Å². The molecule has 4 heteroatoms. The Bertz CT molecular complexity index is 577. The molecule has 1 N–H and O–H groups in total. The number of hydrogen-bond donors (Lipinski definition) is 1. The van der Waals surface area contributed by atoms with Gasteiger partial charge in [0.1, 0.15) is 11.5 Å². The summed E-state index contributed by atoms with van der Waals surface area (Å²) in [6.07, 6.45) is 0. The Hall–Kier alpha value is -1.71. The molecule has 0 unspecified atom stereocenters. The van der Waals surface area contributed by atoms with Crippen molar-refractivity contribution in [2.45, 2.75) is 6.54 Å². The first-order valence-electron chi connectivity index (χ1n) is 6.34. The molecular weight excluding hydrogens is 274 g/mol. The van der Waals surface area contributed by atoms with Crippen LogP contribution in [0, 0.1) is 0 Å². The molecule has 2 rings (SSSR count). The maximum absolute atomic E-state index is 6.19. The van der Waals surface area contributed by atoms with Gasteiger partial charge in [-0.3, -0.25) is 0 Å². The topological polar surface area (TPSA) is 30.5 Å². The van der Waals surface area contributed by atoms with E-state index >= 15 is 0 Å². The van der Waals surface area contributed by atoms with Crippen LogP contribution in [0.3, 0.4) is 0 Å². The van der Waals surface area contributed by atoms with E-state index in [2.05, 4.69) is 11.4 Å². The Morgan fingerprint density at radius 2 is 1.60 bits per heavy atom. The van der Waals surface area contributed by atoms with Gasteiger partial charge in [0.25, 0.3) is 0 Å². The SMILES string of the molecule is CNCc1cc(-c2cc(OC)cc(OC)c2)ccc1Cl. The van der Waals surface area contributed by atoms with Crippen molar-refractivity contribution >= 4 is 11.6 Å². The molecule has 0 aliphatic rings. The Balaban J connectivity index is 2.47. The molecule has 0 spiro atoms. The van der Waals surface area contributed by atoms with Crippen molar-refractivity contribution in [1.82, 2.24) is 5.32 Å². The standard InChI is InChI=1S/C16H18ClNO2/c1-18-10-13-6-11(4-5-16(13)17)12-7-14(19-2)9-15(8-12)20-3/h4-9,18H,10H2,1-3H3. The zero-order valence-electron chi connectivity index (χ0n) is 11.9. The molecule has 2 aromatic carbocycles. The summed E-state index contributed by atoms with van der Waals surface area (Å²) in [7, 11) is 5.19. The van der Waals surface area contributed by atoms with Gasteiger partial charge < -0.3 is 14.8 Å². The molecule has 0 atom stereocenters. The van der Waals surface area contributed by atoms with Gasteiger partial charge in [-0.05, 0) is 48.0 Å². The number of rotatable bonds is 5. The molecule has 0 aliphatic carbocycles. The first-order chi connectivity index (χ1) is 9.67. The van der Waals surface area contributed by atoms with E-state index in [-0.39, 0.29) is 0 Å². The second-order valence-corrected chi connectivity index (χ2v) is 4.85. The smallest absolute Gasteiger partial charge is 0.123 e. The van der Waals surface area contributed by atoms with E-state index in [1.54, 1.807) is 14.2 Å². The highest BCUT2D eigenvalue weighted by atomic mass is 35.5. The summed E-state index contributed by atoms with van der Waals surface area (Å²) in [6, 6.07) is 11.8. The first-order valence-corrected chi connectivity index (χ1v) is 6.72. The number of hydrogen-bond acceptors (Lipinski definition) is 3. The second kappa shape index (κ2) is 6.64. The van der Waals surface area contributed by atoms with Gasteiger partial charge in [-0.25, -0.2) is 0 Å². The van der Waals surface area contributed by atoms with E-state index in [0.29, 0.717) is 0 Å². The molecule has 106 valence electrons. The van der Waals surface area contributed by atoms with Crippen molar-refractivity contribution < 1.29 is 9.47 Å². The molecular formula is C16H18ClNO2. The van der Waals surface area contributed by atoms with E-state index in [1.807, 2.05) is 37.4 Å². The fourth-order valence-electron chi connectivity index (χ4n) is 2.05. The minimum atomic E-state index is 0.730. The van der Waals surface area contributed by atoms with Crippen LogP contribution in [0.15, 0.2) is 36.4 Å². The largest absolute Gasteiger partial charge is 0.497 e. The monoisotopic (exact) mass is 291 g/mol. The lowest BCUT2D eigenvalue weighted by atomic mass is 10.0. The lowest BCUT2D eigenvalue weighted by molar-refractivity contribution is 0.394. The average Bonchev–Trinajstić information content (AvgIpc) is 2.49. The quantitative estimate of drug-likeness (QED) is 0.910. The Morgan fingerprint density at radius 3 is 2.15 bits per heavy atom. The fourth-order valence-corrected chi connectivity index (χ4v) is 2.24. The van der Waals surface area contributed by atoms with E-state index in [1.165, 1.54) is 0 Å². The normalized spacial score (nSPS) is 10.4. The van der Waals surface area contributed by atoms with Gasteiger partial charge in [0.05, 0.1) is 14.2 Å². The summed E-state index contributed by atoms with van der Waals surface area (Å²) in [5.74, 6) is 1.54. The van der Waals surface area contributed by atoms with E-state index < -0.39 is 0 Å². The molecule has 0 heterocycles. The predicted molar refractivity (Wildman–Crippen MR) is 82.8 cm³/mol. The van der Waals surface area contributed by atoms with Crippen LogP contribution in [0.1, 0.15) is 5.56 Å². The zero-order valence-corrected chi connectivity index (χ0v) is 12.6. The highest BCUT2D eigenvalue weighted by Gasteiger charge is 2.07. The van der Waals surface area contributed by atoms with Crippen molar-refractivity contribution in [1.29, 1.82) is 0 Å². The second-order valence-electron chi connectivity index (χ2n) is 4.44. The highest BCUT2D eigenvalue weighted by molar-refractivity contribution is 6.31. The lowest BCUT2D eigenvalue weighted by Gasteiger charge is -2.11. The van der Waals surface area contributed by atoms with Gasteiger partial charge in [-0.1, -0.05) is 17.7 Å². The molecule has 20 heavy (non-hydrogen) atoms. The fraction of sp³-hybridized carbons (Fsp3) is 0.250. The molecule has 0 bridgehead atoms. The first kappa shape index (κ1) is 14.7. The third-order valence-electron chi connectivity index (χ3n) is 3.10. The summed E-state index contributed by atoms with van der Waals surface area (Å²) in [5, 5.41) is 3.88. The number of methoxy groups -OCH3 is 2. The number of halogens is 1. The summed E-state index contributed by atoms with van der Waals surface area (Å²) in [6.45, 7) is 0.730. The summed E-state index contributed by atoms with van der Waals surface area (Å²) in [4.78, 5) is 0. The molecule has 3 nitrogen and oxygen atoms in total. The summed E-state index contributed by atoms with van der Waals surface area (Å²) >= 11 is 6.19. The third-order valence-corrected chi connectivity index (χ3v) is 3.47. The zero-order chi connectivity index (χ0) is 14.5. The highest BCUT2D eigenvalue weighted by Crippen LogP contribution is 2.31. The van der Waals surface area contributed by atoms with Crippen molar-refractivity contribution in [3.8, 4) is 22.6 Å². The van der Waals surface area contributed by atoms with Crippen molar-refractivity contribution in [3.05, 3.63) is 47.0 Å². The summed E-state index contributed by atoms with van der Waals surface area (Å²) < 4.78 is 10.6. The van der Waals surface area contributed by atoms with Crippen LogP contribution in [-0.2, 0) is 6.54 Å². The van der Waals surface area contributed by atoms with Crippen LogP contribution in [0.5, 0.6) is 11.5 Å². The molecule has 0 aliphatic heterocycles. The lowest BCUT2D eigenvalue weighted by Crippen LogP contribution is -2.05. The van der Waals surface area contributed by atoms with Crippen LogP contribution in [-0.4, -0.2) is 21.3 Å². The van der Waals surface area contributed by atoms with Crippen LogP contribution in [0.4, 0.5) is 0 Å². The van der Waals surface area contributed by atoms with E-state index in [9.17, 15) is 0 Å². The Kier molecular flexibility index (Phi) is 4.88. The average molecular weight is 292 g/mol. The maximum atomic E-state index is 6.19. The molecule has 0 amide bonds. The molecule has 0 aromatic heterocycles. The molecule has 0 saturated carbocycles. The van der Waals surface area contributed by atoms with Gasteiger partial charge in [-0.15, -0.1) is 0 Å². The molecule has 2 aromatic rings. The molecule has 0 radical (unpaired) electrons. The van der Waals surface area contributed by atoms with Crippen LogP contribution in [0.2, 0.25) is 5.02 Å². The Morgan fingerprint density at radius 1 is 0.950 bits per heavy atom. The molecule has 0 fully saturated rings. The van der Waals surface area contributed by atoms with Gasteiger partial charge in [-0.2, -0.15) is 0 Å². The number of benzene rings is 2. The van der Waals surface area contributed by atoms with Crippen LogP contribution in [0.25, 0.3) is 11.1 Å². The predicted octanol–water partition coefficient (Wildman–Crippen LogP) is 3.74. The number of ether oxygens (including phenoxy) is 2. The van der Waals surface area contributed by atoms with Crippen molar-refractivity contribution in [3.63, 3.8) is 0 Å². The third kappa shape index (κ3) is 3.24. The van der Waals surface area contributed by atoms with Crippen molar-refractivity contribution in [2.24, 2.45) is 0 Å². The van der Waals surface area contributed by atoms with Gasteiger partial charge >= 0.3 is 0 Å². The molecule has 0 saturated heterocycles.